The van der Waals surface area contributed by atoms with Crippen molar-refractivity contribution in [2.24, 2.45) is 4.99 Å². The molecule has 2 aromatic carbocycles. The van der Waals surface area contributed by atoms with Gasteiger partial charge in [0.25, 0.3) is 0 Å². The summed E-state index contributed by atoms with van der Waals surface area (Å²) in [4.78, 5) is 4.51. The van der Waals surface area contributed by atoms with Crippen molar-refractivity contribution in [3.63, 3.8) is 0 Å². The van der Waals surface area contributed by atoms with Crippen LogP contribution >= 0.6 is 11.8 Å². The second-order valence-electron chi connectivity index (χ2n) is 4.38. The van der Waals surface area contributed by atoms with Crippen LogP contribution in [0.25, 0.3) is 5.70 Å². The smallest absolute Gasteiger partial charge is 0.184 e. The Hall–Kier alpha value is -2.40. The molecule has 0 atom stereocenters. The number of hydrogen-bond donors (Lipinski definition) is 2. The quantitative estimate of drug-likeness (QED) is 0.910. The largest absolute Gasteiger partial charge is 0.497 e. The van der Waals surface area contributed by atoms with Crippen molar-refractivity contribution < 1.29 is 4.74 Å². The summed E-state index contributed by atoms with van der Waals surface area (Å²) >= 11 is 1.55. The number of ether oxygens (including phenoxy) is 1. The maximum absolute atomic E-state index is 5.16. The molecule has 4 nitrogen and oxygen atoms in total. The van der Waals surface area contributed by atoms with Gasteiger partial charge >= 0.3 is 0 Å². The molecule has 106 valence electrons. The molecule has 0 saturated heterocycles. The van der Waals surface area contributed by atoms with E-state index in [1.807, 2.05) is 60.0 Å². The maximum Gasteiger partial charge on any atom is 0.184 e. The zero-order valence-electron chi connectivity index (χ0n) is 11.5. The van der Waals surface area contributed by atoms with E-state index in [1.165, 1.54) is 0 Å². The third kappa shape index (κ3) is 3.38. The molecule has 0 amide bonds. The lowest BCUT2D eigenvalue weighted by atomic mass is 10.2. The van der Waals surface area contributed by atoms with E-state index in [0.717, 1.165) is 27.9 Å². The standard InChI is InChI=1S/C16H15N3OS/c1-20-14-9-7-12(8-10-14)15-11-21-16(19-18-15)17-13-5-3-2-4-6-13/h2-11,18H,1H3,(H,17,19). The molecule has 1 aliphatic heterocycles. The Labute approximate surface area is 127 Å². The van der Waals surface area contributed by atoms with Crippen molar-refractivity contribution in [1.29, 1.82) is 0 Å². The van der Waals surface area contributed by atoms with Gasteiger partial charge in [0.15, 0.2) is 5.17 Å². The maximum atomic E-state index is 5.16. The Balaban J connectivity index is 1.73. The summed E-state index contributed by atoms with van der Waals surface area (Å²) in [6, 6.07) is 17.8. The molecular formula is C16H15N3OS. The summed E-state index contributed by atoms with van der Waals surface area (Å²) in [5.74, 6) is 0.849. The van der Waals surface area contributed by atoms with Crippen molar-refractivity contribution in [3.05, 3.63) is 65.6 Å². The van der Waals surface area contributed by atoms with Crippen LogP contribution in [-0.4, -0.2) is 12.3 Å². The topological polar surface area (TPSA) is 45.6 Å². The van der Waals surface area contributed by atoms with Crippen molar-refractivity contribution in [2.45, 2.75) is 0 Å². The molecule has 3 rings (SSSR count). The summed E-state index contributed by atoms with van der Waals surface area (Å²) in [6.07, 6.45) is 0. The van der Waals surface area contributed by atoms with Crippen molar-refractivity contribution in [2.75, 3.05) is 7.11 Å². The lowest BCUT2D eigenvalue weighted by Gasteiger charge is -2.19. The second kappa shape index (κ2) is 6.37. The first-order valence-electron chi connectivity index (χ1n) is 6.52. The molecule has 21 heavy (non-hydrogen) atoms. The minimum Gasteiger partial charge on any atom is -0.497 e. The molecular weight excluding hydrogens is 282 g/mol. The van der Waals surface area contributed by atoms with Gasteiger partial charge < -0.3 is 4.74 Å². The van der Waals surface area contributed by atoms with Gasteiger partial charge in [-0.1, -0.05) is 30.0 Å². The Bertz CT molecular complexity index is 666. The first-order valence-corrected chi connectivity index (χ1v) is 7.40. The monoisotopic (exact) mass is 297 g/mol. The zero-order valence-corrected chi connectivity index (χ0v) is 12.4. The number of methoxy groups -OCH3 is 1. The number of nitrogens with one attached hydrogen (secondary N) is 2. The predicted molar refractivity (Wildman–Crippen MR) is 88.4 cm³/mol. The van der Waals surface area contributed by atoms with Crippen LogP contribution in [0.1, 0.15) is 5.56 Å². The summed E-state index contributed by atoms with van der Waals surface area (Å²) in [5, 5.41) is 2.86. The molecule has 5 heteroatoms. The summed E-state index contributed by atoms with van der Waals surface area (Å²) in [6.45, 7) is 0. The summed E-state index contributed by atoms with van der Waals surface area (Å²) in [7, 11) is 1.66. The molecule has 0 aromatic heterocycles. The molecule has 1 heterocycles. The lowest BCUT2D eigenvalue weighted by molar-refractivity contribution is 0.415. The fourth-order valence-electron chi connectivity index (χ4n) is 1.88. The molecule has 0 spiro atoms. The van der Waals surface area contributed by atoms with E-state index in [9.17, 15) is 0 Å². The van der Waals surface area contributed by atoms with Gasteiger partial charge in [0.1, 0.15) is 5.75 Å². The number of rotatable bonds is 3. The molecule has 0 saturated carbocycles. The third-order valence-corrected chi connectivity index (χ3v) is 3.75. The van der Waals surface area contributed by atoms with Gasteiger partial charge in [-0.15, -0.1) is 0 Å². The van der Waals surface area contributed by atoms with Crippen LogP contribution in [0.4, 0.5) is 5.69 Å². The normalized spacial score (nSPS) is 15.9. The van der Waals surface area contributed by atoms with Gasteiger partial charge in [-0.25, -0.2) is 4.99 Å². The highest BCUT2D eigenvalue weighted by molar-refractivity contribution is 8.16. The number of hydrogen-bond acceptors (Lipinski definition) is 4. The van der Waals surface area contributed by atoms with Crippen LogP contribution in [0, 0.1) is 0 Å². The van der Waals surface area contributed by atoms with Crippen LogP contribution in [0.2, 0.25) is 0 Å². The van der Waals surface area contributed by atoms with E-state index in [1.54, 1.807) is 18.9 Å². The summed E-state index contributed by atoms with van der Waals surface area (Å²) in [5.41, 5.74) is 9.30. The molecule has 2 aromatic rings. The highest BCUT2D eigenvalue weighted by Crippen LogP contribution is 2.23. The van der Waals surface area contributed by atoms with Gasteiger partial charge in [0.2, 0.25) is 0 Å². The van der Waals surface area contributed by atoms with E-state index in [-0.39, 0.29) is 0 Å². The number of aliphatic imine (C=N–C) groups is 1. The highest BCUT2D eigenvalue weighted by Gasteiger charge is 2.10. The predicted octanol–water partition coefficient (Wildman–Crippen LogP) is 3.52. The Morgan fingerprint density at radius 1 is 0.952 bits per heavy atom. The highest BCUT2D eigenvalue weighted by atomic mass is 32.2. The number of amidine groups is 1. The molecule has 0 aliphatic carbocycles. The Morgan fingerprint density at radius 3 is 2.33 bits per heavy atom. The van der Waals surface area contributed by atoms with Crippen LogP contribution in [0.3, 0.4) is 0 Å². The fourth-order valence-corrected chi connectivity index (χ4v) is 2.57. The first kappa shape index (κ1) is 13.6. The number of benzene rings is 2. The van der Waals surface area contributed by atoms with E-state index in [0.29, 0.717) is 0 Å². The zero-order chi connectivity index (χ0) is 14.5. The average Bonchev–Trinajstić information content (AvgIpc) is 2.57. The van der Waals surface area contributed by atoms with E-state index < -0.39 is 0 Å². The minimum atomic E-state index is 0.818. The van der Waals surface area contributed by atoms with Crippen LogP contribution in [-0.2, 0) is 0 Å². The number of nitrogens with zero attached hydrogens (tertiary/aromatic N) is 1. The number of para-hydroxylation sites is 1. The SMILES string of the molecule is COc1ccc(C2=CSC(=Nc3ccccc3)NN2)cc1. The van der Waals surface area contributed by atoms with Crippen molar-refractivity contribution >= 4 is 28.3 Å². The van der Waals surface area contributed by atoms with Crippen molar-refractivity contribution in [1.82, 2.24) is 10.9 Å². The van der Waals surface area contributed by atoms with Gasteiger partial charge in [-0.2, -0.15) is 0 Å². The van der Waals surface area contributed by atoms with E-state index >= 15 is 0 Å². The van der Waals surface area contributed by atoms with Crippen LogP contribution < -0.4 is 15.6 Å². The Morgan fingerprint density at radius 2 is 1.71 bits per heavy atom. The van der Waals surface area contributed by atoms with E-state index in [4.69, 9.17) is 4.74 Å². The number of thioether (sulfide) groups is 1. The summed E-state index contributed by atoms with van der Waals surface area (Å²) < 4.78 is 5.16. The molecule has 1 aliphatic rings. The van der Waals surface area contributed by atoms with Crippen LogP contribution in [0.15, 0.2) is 65.0 Å². The molecule has 0 fully saturated rings. The van der Waals surface area contributed by atoms with Gasteiger partial charge in [0, 0.05) is 11.0 Å². The molecule has 0 unspecified atom stereocenters. The first-order chi connectivity index (χ1) is 10.3. The third-order valence-electron chi connectivity index (χ3n) is 2.98. The molecule has 0 radical (unpaired) electrons. The molecule has 0 bridgehead atoms. The Kier molecular flexibility index (Phi) is 4.12. The van der Waals surface area contributed by atoms with Crippen molar-refractivity contribution in [3.8, 4) is 5.75 Å². The average molecular weight is 297 g/mol. The molecule has 2 N–H and O–H groups in total. The van der Waals surface area contributed by atoms with Crippen LogP contribution in [0.5, 0.6) is 5.75 Å². The van der Waals surface area contributed by atoms with E-state index in [2.05, 4.69) is 15.8 Å². The fraction of sp³-hybridized carbons (Fsp3) is 0.0625. The second-order valence-corrected chi connectivity index (χ2v) is 5.24. The van der Waals surface area contributed by atoms with Gasteiger partial charge in [-0.05, 0) is 36.4 Å². The number of hydrazine groups is 1. The van der Waals surface area contributed by atoms with Gasteiger partial charge in [0.05, 0.1) is 18.5 Å². The minimum absolute atomic E-state index is 0.818. The lowest BCUT2D eigenvalue weighted by Crippen LogP contribution is -2.36. The van der Waals surface area contributed by atoms with Gasteiger partial charge in [-0.3, -0.25) is 10.9 Å².